The quantitative estimate of drug-likeness (QED) is 0.784. The summed E-state index contributed by atoms with van der Waals surface area (Å²) in [6.45, 7) is 0. The molecule has 1 saturated carbocycles. The highest BCUT2D eigenvalue weighted by Gasteiger charge is 2.26. The van der Waals surface area contributed by atoms with Gasteiger partial charge in [0.25, 0.3) is 11.5 Å². The minimum Gasteiger partial charge on any atom is -0.267 e. The van der Waals surface area contributed by atoms with Crippen molar-refractivity contribution in [2.75, 3.05) is 5.43 Å². The molecule has 1 amide bonds. The summed E-state index contributed by atoms with van der Waals surface area (Å²) in [5.41, 5.74) is 2.59. The highest BCUT2D eigenvalue weighted by atomic mass is 19.2. The van der Waals surface area contributed by atoms with Crippen LogP contribution >= 0.6 is 0 Å². The first kappa shape index (κ1) is 16.4. The van der Waals surface area contributed by atoms with E-state index in [0.717, 1.165) is 42.1 Å². The first-order valence-corrected chi connectivity index (χ1v) is 8.32. The lowest BCUT2D eigenvalue weighted by Crippen LogP contribution is -2.38. The summed E-state index contributed by atoms with van der Waals surface area (Å²) in [6, 6.07) is 9.73. The Morgan fingerprint density at radius 1 is 1.12 bits per heavy atom. The summed E-state index contributed by atoms with van der Waals surface area (Å²) in [6.07, 6.45) is 2.79. The second kappa shape index (κ2) is 6.33. The minimum atomic E-state index is -1.12. The zero-order valence-electron chi connectivity index (χ0n) is 13.7. The van der Waals surface area contributed by atoms with Gasteiger partial charge in [-0.15, -0.1) is 0 Å². The number of para-hydroxylation sites is 1. The van der Waals surface area contributed by atoms with E-state index < -0.39 is 23.1 Å². The fourth-order valence-corrected chi connectivity index (χ4v) is 3.00. The van der Waals surface area contributed by atoms with Crippen LogP contribution in [-0.2, 0) is 0 Å². The van der Waals surface area contributed by atoms with Gasteiger partial charge >= 0.3 is 0 Å². The molecule has 0 saturated heterocycles. The van der Waals surface area contributed by atoms with Crippen LogP contribution < -0.4 is 11.0 Å². The van der Waals surface area contributed by atoms with Crippen LogP contribution in [0.3, 0.4) is 0 Å². The minimum absolute atomic E-state index is 0.0801. The average Bonchev–Trinajstić information content (AvgIpc) is 2.59. The molecule has 1 heterocycles. The van der Waals surface area contributed by atoms with Crippen LogP contribution in [-0.4, -0.2) is 15.6 Å². The number of amides is 1. The molecule has 132 valence electrons. The fourth-order valence-electron chi connectivity index (χ4n) is 3.00. The molecule has 0 unspecified atom stereocenters. The van der Waals surface area contributed by atoms with Crippen molar-refractivity contribution in [3.63, 3.8) is 0 Å². The van der Waals surface area contributed by atoms with E-state index in [-0.39, 0.29) is 11.5 Å². The second-order valence-corrected chi connectivity index (χ2v) is 6.33. The topological polar surface area (TPSA) is 64.0 Å². The number of benzene rings is 2. The highest BCUT2D eigenvalue weighted by Crippen LogP contribution is 2.35. The van der Waals surface area contributed by atoms with Crippen molar-refractivity contribution in [1.29, 1.82) is 0 Å². The number of carbonyl (C=O) groups is 1. The smallest absolute Gasteiger partial charge is 0.267 e. The van der Waals surface area contributed by atoms with Crippen LogP contribution in [0, 0.1) is 11.6 Å². The SMILES string of the molecule is O=C(Nn1c(C2CCC2)nc2ccccc2c1=O)c1ccc(F)c(F)c1. The molecule has 0 radical (unpaired) electrons. The molecule has 2 aromatic carbocycles. The predicted octanol–water partition coefficient (Wildman–Crippen LogP) is 3.33. The third-order valence-electron chi connectivity index (χ3n) is 4.67. The predicted molar refractivity (Wildman–Crippen MR) is 92.6 cm³/mol. The molecule has 1 N–H and O–H groups in total. The standard InChI is InChI=1S/C19H15F2N3O2/c20-14-9-8-12(10-15(14)21)18(25)23-24-17(11-4-3-5-11)22-16-7-2-1-6-13(16)19(24)26/h1-2,6-11H,3-5H2,(H,23,25). The van der Waals surface area contributed by atoms with Crippen molar-refractivity contribution in [2.24, 2.45) is 0 Å². The first-order chi connectivity index (χ1) is 12.5. The van der Waals surface area contributed by atoms with E-state index in [2.05, 4.69) is 10.4 Å². The Balaban J connectivity index is 1.79. The summed E-state index contributed by atoms with van der Waals surface area (Å²) < 4.78 is 27.6. The van der Waals surface area contributed by atoms with E-state index in [4.69, 9.17) is 0 Å². The maximum Gasteiger partial charge on any atom is 0.280 e. The average molecular weight is 355 g/mol. The number of rotatable bonds is 3. The van der Waals surface area contributed by atoms with Crippen molar-refractivity contribution in [2.45, 2.75) is 25.2 Å². The fraction of sp³-hybridized carbons (Fsp3) is 0.211. The number of aromatic nitrogens is 2. The maximum atomic E-state index is 13.4. The molecule has 1 fully saturated rings. The molecule has 0 aliphatic heterocycles. The van der Waals surface area contributed by atoms with Crippen LogP contribution in [0.4, 0.5) is 8.78 Å². The molecule has 26 heavy (non-hydrogen) atoms. The number of halogens is 2. The monoisotopic (exact) mass is 355 g/mol. The Morgan fingerprint density at radius 3 is 2.58 bits per heavy atom. The normalized spacial score (nSPS) is 14.2. The van der Waals surface area contributed by atoms with Gasteiger partial charge < -0.3 is 0 Å². The van der Waals surface area contributed by atoms with Crippen LogP contribution in [0.25, 0.3) is 10.9 Å². The van der Waals surface area contributed by atoms with E-state index in [0.29, 0.717) is 16.7 Å². The van der Waals surface area contributed by atoms with Crippen molar-refractivity contribution in [3.05, 3.63) is 75.8 Å². The molecular weight excluding hydrogens is 340 g/mol. The Labute approximate surface area is 147 Å². The maximum absolute atomic E-state index is 13.4. The highest BCUT2D eigenvalue weighted by molar-refractivity contribution is 6.00. The number of hydrogen-bond acceptors (Lipinski definition) is 3. The number of fused-ring (bicyclic) bond motifs is 1. The lowest BCUT2D eigenvalue weighted by atomic mass is 9.84. The molecule has 3 aromatic rings. The number of nitrogens with one attached hydrogen (secondary N) is 1. The summed E-state index contributed by atoms with van der Waals surface area (Å²) in [5, 5.41) is 0.376. The Bertz CT molecular complexity index is 1070. The second-order valence-electron chi connectivity index (χ2n) is 6.33. The van der Waals surface area contributed by atoms with E-state index in [1.54, 1.807) is 24.3 Å². The van der Waals surface area contributed by atoms with Crippen molar-refractivity contribution >= 4 is 16.8 Å². The van der Waals surface area contributed by atoms with E-state index >= 15 is 0 Å². The van der Waals surface area contributed by atoms with Crippen LogP contribution in [0.1, 0.15) is 41.4 Å². The van der Waals surface area contributed by atoms with Crippen LogP contribution in [0.15, 0.2) is 47.3 Å². The zero-order valence-corrected chi connectivity index (χ0v) is 13.7. The summed E-state index contributed by atoms with van der Waals surface area (Å²) in [7, 11) is 0. The van der Waals surface area contributed by atoms with Crippen LogP contribution in [0.2, 0.25) is 0 Å². The lowest BCUT2D eigenvalue weighted by Gasteiger charge is -2.27. The molecule has 5 nitrogen and oxygen atoms in total. The number of nitrogens with zero attached hydrogens (tertiary/aromatic N) is 2. The van der Waals surface area contributed by atoms with Gasteiger partial charge in [0.1, 0.15) is 5.82 Å². The summed E-state index contributed by atoms with van der Waals surface area (Å²) in [4.78, 5) is 29.9. The Morgan fingerprint density at radius 2 is 1.88 bits per heavy atom. The first-order valence-electron chi connectivity index (χ1n) is 8.32. The van der Waals surface area contributed by atoms with Gasteiger partial charge in [-0.2, -0.15) is 0 Å². The Hall–Kier alpha value is -3.09. The molecule has 1 aromatic heterocycles. The third-order valence-corrected chi connectivity index (χ3v) is 4.67. The molecule has 0 bridgehead atoms. The zero-order chi connectivity index (χ0) is 18.3. The molecule has 4 rings (SSSR count). The largest absolute Gasteiger partial charge is 0.280 e. The molecule has 1 aliphatic carbocycles. The summed E-state index contributed by atoms with van der Waals surface area (Å²) >= 11 is 0. The van der Waals surface area contributed by atoms with Gasteiger partial charge in [0.15, 0.2) is 11.6 Å². The van der Waals surface area contributed by atoms with E-state index in [1.807, 2.05) is 0 Å². The van der Waals surface area contributed by atoms with Gasteiger partial charge in [-0.25, -0.2) is 18.4 Å². The molecule has 7 heteroatoms. The molecular formula is C19H15F2N3O2. The Kier molecular flexibility index (Phi) is 3.99. The lowest BCUT2D eigenvalue weighted by molar-refractivity contribution is 0.100. The van der Waals surface area contributed by atoms with Gasteiger partial charge in [0, 0.05) is 11.5 Å². The van der Waals surface area contributed by atoms with Gasteiger partial charge in [-0.3, -0.25) is 15.0 Å². The van der Waals surface area contributed by atoms with Gasteiger partial charge in [-0.1, -0.05) is 18.6 Å². The number of carbonyl (C=O) groups excluding carboxylic acids is 1. The number of hydrogen-bond donors (Lipinski definition) is 1. The van der Waals surface area contributed by atoms with E-state index in [1.165, 1.54) is 0 Å². The third kappa shape index (κ3) is 2.75. The van der Waals surface area contributed by atoms with Gasteiger partial charge in [-0.05, 0) is 43.2 Å². The van der Waals surface area contributed by atoms with Gasteiger partial charge in [0.05, 0.1) is 10.9 Å². The van der Waals surface area contributed by atoms with E-state index in [9.17, 15) is 18.4 Å². The van der Waals surface area contributed by atoms with Crippen molar-refractivity contribution < 1.29 is 13.6 Å². The molecule has 0 spiro atoms. The molecule has 0 atom stereocenters. The van der Waals surface area contributed by atoms with Gasteiger partial charge in [0.2, 0.25) is 0 Å². The summed E-state index contributed by atoms with van der Waals surface area (Å²) in [5.74, 6) is -2.31. The molecule has 1 aliphatic rings. The van der Waals surface area contributed by atoms with Crippen molar-refractivity contribution in [3.8, 4) is 0 Å². The van der Waals surface area contributed by atoms with Crippen LogP contribution in [0.5, 0.6) is 0 Å². The van der Waals surface area contributed by atoms with Crippen molar-refractivity contribution in [1.82, 2.24) is 9.66 Å².